The van der Waals surface area contributed by atoms with Crippen LogP contribution in [0, 0.1) is 0 Å². The minimum absolute atomic E-state index is 0.171. The molecule has 1 saturated heterocycles. The first kappa shape index (κ1) is 13.4. The molecule has 2 heterocycles. The van der Waals surface area contributed by atoms with Gasteiger partial charge in [-0.05, 0) is 18.6 Å². The second-order valence-corrected chi connectivity index (χ2v) is 5.24. The summed E-state index contributed by atoms with van der Waals surface area (Å²) in [6.45, 7) is 5.72. The predicted octanol–water partition coefficient (Wildman–Crippen LogP) is 0.707. The van der Waals surface area contributed by atoms with Gasteiger partial charge in [0.15, 0.2) is 0 Å². The molecule has 0 saturated carbocycles. The molecular weight excluding hydrogens is 254 g/mol. The molecule has 3 rings (SSSR count). The van der Waals surface area contributed by atoms with Crippen molar-refractivity contribution in [2.75, 3.05) is 50.8 Å². The van der Waals surface area contributed by atoms with Crippen LogP contribution in [0.2, 0.25) is 0 Å². The average Bonchev–Trinajstić information content (AvgIpc) is 2.70. The van der Waals surface area contributed by atoms with Crippen molar-refractivity contribution in [1.29, 1.82) is 0 Å². The number of amides is 1. The van der Waals surface area contributed by atoms with Crippen LogP contribution in [-0.4, -0.2) is 56.7 Å². The zero-order valence-electron chi connectivity index (χ0n) is 11.7. The highest BCUT2D eigenvalue weighted by Crippen LogP contribution is 2.30. The number of nitrogens with one attached hydrogen (secondary N) is 1. The number of ether oxygens (including phenoxy) is 1. The molecule has 1 aromatic rings. The molecule has 0 aromatic heterocycles. The Morgan fingerprint density at radius 2 is 2.00 bits per heavy atom. The summed E-state index contributed by atoms with van der Waals surface area (Å²) in [6.07, 6.45) is 0.877. The summed E-state index contributed by atoms with van der Waals surface area (Å²) in [5, 5.41) is 3.31. The molecule has 0 bridgehead atoms. The lowest BCUT2D eigenvalue weighted by Gasteiger charge is -2.29. The number of hydrogen-bond acceptors (Lipinski definition) is 4. The first-order valence-corrected chi connectivity index (χ1v) is 7.30. The second kappa shape index (κ2) is 6.24. The predicted molar refractivity (Wildman–Crippen MR) is 78.2 cm³/mol. The lowest BCUT2D eigenvalue weighted by atomic mass is 10.2. The Bertz CT molecular complexity index is 472. The maximum absolute atomic E-state index is 12.6. The number of hydrogen-bond donors (Lipinski definition) is 1. The molecule has 1 aromatic carbocycles. The van der Waals surface area contributed by atoms with E-state index in [1.807, 2.05) is 29.2 Å². The Kier molecular flexibility index (Phi) is 4.18. The van der Waals surface area contributed by atoms with E-state index in [2.05, 4.69) is 10.2 Å². The van der Waals surface area contributed by atoms with Gasteiger partial charge in [-0.3, -0.25) is 9.69 Å². The smallest absolute Gasteiger partial charge is 0.241 e. The molecule has 0 spiro atoms. The van der Waals surface area contributed by atoms with Crippen molar-refractivity contribution in [2.45, 2.75) is 6.42 Å². The number of piperazine rings is 1. The van der Waals surface area contributed by atoms with Crippen LogP contribution in [0.3, 0.4) is 0 Å². The highest BCUT2D eigenvalue weighted by atomic mass is 16.5. The van der Waals surface area contributed by atoms with E-state index in [0.717, 1.165) is 50.6 Å². The number of carbonyl (C=O) groups is 1. The van der Waals surface area contributed by atoms with Gasteiger partial charge < -0.3 is 15.0 Å². The zero-order chi connectivity index (χ0) is 13.8. The van der Waals surface area contributed by atoms with E-state index in [-0.39, 0.29) is 5.91 Å². The van der Waals surface area contributed by atoms with Gasteiger partial charge in [-0.25, -0.2) is 0 Å². The van der Waals surface area contributed by atoms with Gasteiger partial charge in [0.05, 0.1) is 18.8 Å². The lowest BCUT2D eigenvalue weighted by Crippen LogP contribution is -2.48. The van der Waals surface area contributed by atoms with Crippen molar-refractivity contribution in [2.24, 2.45) is 0 Å². The summed E-state index contributed by atoms with van der Waals surface area (Å²) < 4.78 is 5.70. The van der Waals surface area contributed by atoms with Gasteiger partial charge in [-0.15, -0.1) is 0 Å². The Morgan fingerprint density at radius 3 is 2.85 bits per heavy atom. The van der Waals surface area contributed by atoms with Crippen LogP contribution in [0.15, 0.2) is 24.3 Å². The van der Waals surface area contributed by atoms with Crippen LogP contribution in [0.5, 0.6) is 5.75 Å². The van der Waals surface area contributed by atoms with E-state index in [4.69, 9.17) is 4.74 Å². The Morgan fingerprint density at radius 1 is 1.20 bits per heavy atom. The molecule has 1 N–H and O–H groups in total. The number of benzene rings is 1. The van der Waals surface area contributed by atoms with E-state index in [9.17, 15) is 4.79 Å². The average molecular weight is 275 g/mol. The third-order valence-electron chi connectivity index (χ3n) is 3.81. The molecule has 20 heavy (non-hydrogen) atoms. The van der Waals surface area contributed by atoms with E-state index >= 15 is 0 Å². The second-order valence-electron chi connectivity index (χ2n) is 5.24. The standard InChI is InChI=1S/C15H21N3O2/c19-15(12-17-9-6-16-7-10-17)18-8-3-11-20-14-5-2-1-4-13(14)18/h1-2,4-5,16H,3,6-12H2. The minimum Gasteiger partial charge on any atom is -0.491 e. The van der Waals surface area contributed by atoms with Gasteiger partial charge in [0.2, 0.25) is 5.91 Å². The molecule has 2 aliphatic rings. The van der Waals surface area contributed by atoms with Crippen LogP contribution in [-0.2, 0) is 4.79 Å². The fourth-order valence-electron chi connectivity index (χ4n) is 2.73. The molecule has 0 unspecified atom stereocenters. The number of nitrogens with zero attached hydrogens (tertiary/aromatic N) is 2. The fourth-order valence-corrected chi connectivity index (χ4v) is 2.73. The SMILES string of the molecule is O=C(CN1CCNCC1)N1CCCOc2ccccc21. The van der Waals surface area contributed by atoms with Crippen molar-refractivity contribution in [1.82, 2.24) is 10.2 Å². The van der Waals surface area contributed by atoms with E-state index < -0.39 is 0 Å². The maximum Gasteiger partial charge on any atom is 0.241 e. The monoisotopic (exact) mass is 275 g/mol. The molecular formula is C15H21N3O2. The number of fused-ring (bicyclic) bond motifs is 1. The van der Waals surface area contributed by atoms with Gasteiger partial charge in [0, 0.05) is 32.7 Å². The highest BCUT2D eigenvalue weighted by molar-refractivity contribution is 5.96. The quantitative estimate of drug-likeness (QED) is 0.863. The molecule has 5 nitrogen and oxygen atoms in total. The third-order valence-corrected chi connectivity index (χ3v) is 3.81. The minimum atomic E-state index is 0.171. The fraction of sp³-hybridized carbons (Fsp3) is 0.533. The van der Waals surface area contributed by atoms with Gasteiger partial charge in [0.25, 0.3) is 0 Å². The van der Waals surface area contributed by atoms with Gasteiger partial charge in [0.1, 0.15) is 5.75 Å². The molecule has 1 amide bonds. The van der Waals surface area contributed by atoms with Crippen LogP contribution in [0.4, 0.5) is 5.69 Å². The summed E-state index contributed by atoms with van der Waals surface area (Å²) in [5.41, 5.74) is 0.908. The normalized spacial score (nSPS) is 19.9. The molecule has 0 aliphatic carbocycles. The third kappa shape index (κ3) is 2.94. The topological polar surface area (TPSA) is 44.8 Å². The summed E-state index contributed by atoms with van der Waals surface area (Å²) in [5.74, 6) is 0.989. The molecule has 2 aliphatic heterocycles. The van der Waals surface area contributed by atoms with Gasteiger partial charge in [-0.2, -0.15) is 0 Å². The lowest BCUT2D eigenvalue weighted by molar-refractivity contribution is -0.119. The zero-order valence-corrected chi connectivity index (χ0v) is 11.7. The van der Waals surface area contributed by atoms with Crippen LogP contribution in [0.1, 0.15) is 6.42 Å². The van der Waals surface area contributed by atoms with Crippen LogP contribution < -0.4 is 15.0 Å². The molecule has 0 radical (unpaired) electrons. The van der Waals surface area contributed by atoms with Crippen LogP contribution in [0.25, 0.3) is 0 Å². The molecule has 5 heteroatoms. The van der Waals surface area contributed by atoms with Crippen molar-refractivity contribution in [3.63, 3.8) is 0 Å². The summed E-state index contributed by atoms with van der Waals surface area (Å²) in [4.78, 5) is 16.7. The first-order valence-electron chi connectivity index (χ1n) is 7.30. The van der Waals surface area contributed by atoms with E-state index in [0.29, 0.717) is 13.2 Å². The maximum atomic E-state index is 12.6. The van der Waals surface area contributed by atoms with Crippen molar-refractivity contribution >= 4 is 11.6 Å². The Labute approximate surface area is 119 Å². The Hall–Kier alpha value is -1.59. The summed E-state index contributed by atoms with van der Waals surface area (Å²) >= 11 is 0. The summed E-state index contributed by atoms with van der Waals surface area (Å²) in [6, 6.07) is 7.81. The largest absolute Gasteiger partial charge is 0.491 e. The number of rotatable bonds is 2. The Balaban J connectivity index is 1.73. The molecule has 108 valence electrons. The molecule has 0 atom stereocenters. The van der Waals surface area contributed by atoms with Crippen molar-refractivity contribution < 1.29 is 9.53 Å². The van der Waals surface area contributed by atoms with Crippen molar-refractivity contribution in [3.05, 3.63) is 24.3 Å². The summed E-state index contributed by atoms with van der Waals surface area (Å²) in [7, 11) is 0. The first-order chi connectivity index (χ1) is 9.84. The highest BCUT2D eigenvalue weighted by Gasteiger charge is 2.23. The number of anilines is 1. The van der Waals surface area contributed by atoms with Gasteiger partial charge in [-0.1, -0.05) is 12.1 Å². The van der Waals surface area contributed by atoms with E-state index in [1.165, 1.54) is 0 Å². The molecule has 1 fully saturated rings. The van der Waals surface area contributed by atoms with Gasteiger partial charge >= 0.3 is 0 Å². The van der Waals surface area contributed by atoms with Crippen LogP contribution >= 0.6 is 0 Å². The van der Waals surface area contributed by atoms with E-state index in [1.54, 1.807) is 0 Å². The number of para-hydroxylation sites is 2. The van der Waals surface area contributed by atoms with Crippen molar-refractivity contribution in [3.8, 4) is 5.75 Å². The number of carbonyl (C=O) groups excluding carboxylic acids is 1.